The molecule has 0 unspecified atom stereocenters. The molecule has 90 valence electrons. The summed E-state index contributed by atoms with van der Waals surface area (Å²) in [6, 6.07) is 6.98. The Kier molecular flexibility index (Phi) is 3.39. The van der Waals surface area contributed by atoms with Gasteiger partial charge in [0.25, 0.3) is 6.54 Å². The second-order valence-electron chi connectivity index (χ2n) is 3.57. The highest BCUT2D eigenvalue weighted by Gasteiger charge is 2.15. The summed E-state index contributed by atoms with van der Waals surface area (Å²) in [5.74, 6) is 0.218. The van der Waals surface area contributed by atoms with Gasteiger partial charge in [-0.25, -0.2) is 11.3 Å². The molecule has 0 saturated heterocycles. The first kappa shape index (κ1) is 11.9. The Labute approximate surface area is 104 Å². The summed E-state index contributed by atoms with van der Waals surface area (Å²) >= 11 is 0. The molecule has 0 radical (unpaired) electrons. The zero-order valence-corrected chi connectivity index (χ0v) is 9.83. The van der Waals surface area contributed by atoms with Gasteiger partial charge in [-0.3, -0.25) is 4.79 Å². The van der Waals surface area contributed by atoms with Crippen LogP contribution in [0.2, 0.25) is 0 Å². The van der Waals surface area contributed by atoms with Gasteiger partial charge in [-0.1, -0.05) is 0 Å². The van der Waals surface area contributed by atoms with E-state index in [4.69, 9.17) is 11.3 Å². The molecule has 0 N–H and O–H groups in total. The summed E-state index contributed by atoms with van der Waals surface area (Å²) in [5.41, 5.74) is 1.16. The first-order chi connectivity index (χ1) is 8.76. The van der Waals surface area contributed by atoms with Crippen molar-refractivity contribution in [3.63, 3.8) is 0 Å². The molecule has 0 aliphatic carbocycles. The van der Waals surface area contributed by atoms with Crippen LogP contribution in [0, 0.1) is 6.57 Å². The summed E-state index contributed by atoms with van der Waals surface area (Å²) in [7, 11) is 1.50. The zero-order valence-electron chi connectivity index (χ0n) is 9.83. The van der Waals surface area contributed by atoms with Crippen molar-refractivity contribution >= 4 is 5.78 Å². The smallest absolute Gasteiger partial charge is 0.276 e. The van der Waals surface area contributed by atoms with Crippen molar-refractivity contribution in [3.05, 3.63) is 53.6 Å². The molecule has 0 aliphatic rings. The third-order valence-electron chi connectivity index (χ3n) is 2.48. The lowest BCUT2D eigenvalue weighted by atomic mass is 10.1. The number of benzene rings is 1. The molecule has 5 heteroatoms. The molecule has 0 aliphatic heterocycles. The van der Waals surface area contributed by atoms with E-state index in [1.165, 1.54) is 7.11 Å². The average Bonchev–Trinajstić information content (AvgIpc) is 2.92. The number of hydrogen-bond donors (Lipinski definition) is 0. The van der Waals surface area contributed by atoms with E-state index in [0.717, 1.165) is 5.69 Å². The molecule has 2 rings (SSSR count). The Morgan fingerprint density at radius 1 is 1.56 bits per heavy atom. The normalized spacial score (nSPS) is 9.78. The number of ketones is 1. The van der Waals surface area contributed by atoms with Crippen molar-refractivity contribution in [1.82, 2.24) is 9.78 Å². The predicted molar refractivity (Wildman–Crippen MR) is 65.9 cm³/mol. The summed E-state index contributed by atoms with van der Waals surface area (Å²) in [6.45, 7) is 6.57. The van der Waals surface area contributed by atoms with Crippen LogP contribution in [0.25, 0.3) is 10.5 Å². The maximum Gasteiger partial charge on any atom is 0.276 e. The van der Waals surface area contributed by atoms with E-state index < -0.39 is 0 Å². The van der Waals surface area contributed by atoms with Crippen molar-refractivity contribution in [1.29, 1.82) is 0 Å². The molecule has 1 aromatic heterocycles. The first-order valence-electron chi connectivity index (χ1n) is 5.30. The molecule has 1 heterocycles. The van der Waals surface area contributed by atoms with Gasteiger partial charge in [-0.05, 0) is 24.3 Å². The fourth-order valence-electron chi connectivity index (χ4n) is 1.63. The number of hydrogen-bond acceptors (Lipinski definition) is 3. The van der Waals surface area contributed by atoms with Crippen LogP contribution in [-0.4, -0.2) is 29.2 Å². The molecule has 0 bridgehead atoms. The molecular formula is C13H11N3O2. The molecule has 0 atom stereocenters. The lowest BCUT2D eigenvalue weighted by Crippen LogP contribution is -2.06. The number of Topliss-reactive ketones (excluding diaryl/α,β-unsaturated/α-hetero) is 1. The number of methoxy groups -OCH3 is 1. The van der Waals surface area contributed by atoms with Crippen LogP contribution in [0.5, 0.6) is 5.75 Å². The maximum absolute atomic E-state index is 11.8. The van der Waals surface area contributed by atoms with E-state index in [0.29, 0.717) is 11.3 Å². The number of aromatic nitrogens is 2. The van der Waals surface area contributed by atoms with Crippen molar-refractivity contribution in [2.45, 2.75) is 0 Å². The Hall–Kier alpha value is -2.61. The minimum Gasteiger partial charge on any atom is -0.496 e. The summed E-state index contributed by atoms with van der Waals surface area (Å²) in [4.78, 5) is 14.9. The monoisotopic (exact) mass is 241 g/mol. The van der Waals surface area contributed by atoms with Crippen LogP contribution in [0.1, 0.15) is 10.4 Å². The van der Waals surface area contributed by atoms with Crippen LogP contribution in [0.3, 0.4) is 0 Å². The van der Waals surface area contributed by atoms with Gasteiger partial charge in [0, 0.05) is 12.4 Å². The van der Waals surface area contributed by atoms with E-state index in [2.05, 4.69) is 9.94 Å². The molecular weight excluding hydrogens is 230 g/mol. The lowest BCUT2D eigenvalue weighted by Gasteiger charge is -2.08. The zero-order chi connectivity index (χ0) is 13.0. The maximum atomic E-state index is 11.8. The fourth-order valence-corrected chi connectivity index (χ4v) is 1.63. The van der Waals surface area contributed by atoms with Crippen LogP contribution >= 0.6 is 0 Å². The summed E-state index contributed by atoms with van der Waals surface area (Å²) < 4.78 is 6.78. The number of carbonyl (C=O) groups is 1. The van der Waals surface area contributed by atoms with Gasteiger partial charge >= 0.3 is 0 Å². The van der Waals surface area contributed by atoms with E-state index in [1.807, 2.05) is 0 Å². The van der Waals surface area contributed by atoms with Crippen LogP contribution in [0.15, 0.2) is 36.7 Å². The minimum atomic E-state index is -0.254. The first-order valence-corrected chi connectivity index (χ1v) is 5.30. The quantitative estimate of drug-likeness (QED) is 0.607. The molecule has 18 heavy (non-hydrogen) atoms. The standard InChI is InChI=1S/C13H11N3O2/c1-14-9-12(17)11-8-10(4-5-13(11)18-2)16-7-3-6-15-16/h3-8H,9H2,2H3. The molecule has 1 aromatic carbocycles. The highest BCUT2D eigenvalue weighted by atomic mass is 16.5. The topological polar surface area (TPSA) is 48.5 Å². The van der Waals surface area contributed by atoms with Crippen LogP contribution in [0.4, 0.5) is 0 Å². The van der Waals surface area contributed by atoms with Gasteiger partial charge in [0.15, 0.2) is 0 Å². The number of carbonyl (C=O) groups excluding carboxylic acids is 1. The number of nitrogens with zero attached hydrogens (tertiary/aromatic N) is 3. The Morgan fingerprint density at radius 3 is 3.00 bits per heavy atom. The fraction of sp³-hybridized carbons (Fsp3) is 0.154. The van der Waals surface area contributed by atoms with E-state index in [-0.39, 0.29) is 12.3 Å². The SMILES string of the molecule is [C-]#[N+]CC(=O)c1cc(-n2cccn2)ccc1OC. The average molecular weight is 241 g/mol. The van der Waals surface area contributed by atoms with Gasteiger partial charge in [-0.2, -0.15) is 5.10 Å². The van der Waals surface area contributed by atoms with E-state index in [9.17, 15) is 4.79 Å². The molecule has 0 saturated carbocycles. The summed E-state index contributed by atoms with van der Waals surface area (Å²) in [6.07, 6.45) is 3.44. The molecule has 5 nitrogen and oxygen atoms in total. The van der Waals surface area contributed by atoms with E-state index >= 15 is 0 Å². The number of rotatable bonds is 4. The highest BCUT2D eigenvalue weighted by Crippen LogP contribution is 2.22. The Morgan fingerprint density at radius 2 is 2.39 bits per heavy atom. The molecule has 0 fully saturated rings. The molecule has 2 aromatic rings. The molecule has 0 spiro atoms. The van der Waals surface area contributed by atoms with Gasteiger partial charge < -0.3 is 9.58 Å². The van der Waals surface area contributed by atoms with Gasteiger partial charge in [0.2, 0.25) is 5.78 Å². The van der Waals surface area contributed by atoms with Gasteiger partial charge in [0.05, 0.1) is 18.4 Å². The second kappa shape index (κ2) is 5.15. The van der Waals surface area contributed by atoms with Crippen LogP contribution < -0.4 is 4.74 Å². The Balaban J connectivity index is 2.46. The van der Waals surface area contributed by atoms with Crippen molar-refractivity contribution in [2.24, 2.45) is 0 Å². The highest BCUT2D eigenvalue weighted by molar-refractivity contribution is 6.01. The largest absolute Gasteiger partial charge is 0.496 e. The van der Waals surface area contributed by atoms with Gasteiger partial charge in [-0.15, -0.1) is 0 Å². The lowest BCUT2D eigenvalue weighted by molar-refractivity contribution is 0.101. The predicted octanol–water partition coefficient (Wildman–Crippen LogP) is 1.98. The third kappa shape index (κ3) is 2.23. The number of ether oxygens (including phenoxy) is 1. The second-order valence-corrected chi connectivity index (χ2v) is 3.57. The van der Waals surface area contributed by atoms with Crippen LogP contribution in [-0.2, 0) is 0 Å². The molecule has 0 amide bonds. The summed E-state index contributed by atoms with van der Waals surface area (Å²) in [5, 5.41) is 4.09. The van der Waals surface area contributed by atoms with Crippen molar-refractivity contribution in [2.75, 3.05) is 13.7 Å². The van der Waals surface area contributed by atoms with Gasteiger partial charge in [0.1, 0.15) is 5.75 Å². The van der Waals surface area contributed by atoms with Crippen molar-refractivity contribution < 1.29 is 9.53 Å². The Bertz CT molecular complexity index is 597. The third-order valence-corrected chi connectivity index (χ3v) is 2.48. The van der Waals surface area contributed by atoms with E-state index in [1.54, 1.807) is 41.3 Å². The van der Waals surface area contributed by atoms with Crippen molar-refractivity contribution in [3.8, 4) is 11.4 Å². The minimum absolute atomic E-state index is 0.182.